The van der Waals surface area contributed by atoms with Crippen molar-refractivity contribution in [3.8, 4) is 0 Å². The van der Waals surface area contributed by atoms with Gasteiger partial charge in [0.25, 0.3) is 0 Å². The first kappa shape index (κ1) is 12.2. The molecule has 3 nitrogen and oxygen atoms in total. The summed E-state index contributed by atoms with van der Waals surface area (Å²) in [6.45, 7) is 7.33. The zero-order valence-electron chi connectivity index (χ0n) is 11.0. The van der Waals surface area contributed by atoms with Crippen molar-refractivity contribution in [2.75, 3.05) is 32.8 Å². The molecule has 1 aromatic carbocycles. The van der Waals surface area contributed by atoms with Gasteiger partial charge in [0.2, 0.25) is 0 Å². The first-order valence-corrected chi connectivity index (χ1v) is 7.03. The third-order valence-corrected chi connectivity index (χ3v) is 3.95. The molecule has 1 aromatic rings. The van der Waals surface area contributed by atoms with Crippen LogP contribution < -0.4 is 5.32 Å². The number of ether oxygens (including phenoxy) is 1. The van der Waals surface area contributed by atoms with E-state index in [-0.39, 0.29) is 0 Å². The Labute approximate surface area is 109 Å². The Balaban J connectivity index is 1.48. The number of nitrogens with one attached hydrogen (secondary N) is 1. The zero-order valence-corrected chi connectivity index (χ0v) is 11.0. The van der Waals surface area contributed by atoms with Gasteiger partial charge in [-0.25, -0.2) is 0 Å². The van der Waals surface area contributed by atoms with Crippen LogP contribution in [-0.4, -0.2) is 37.7 Å². The van der Waals surface area contributed by atoms with E-state index in [1.54, 1.807) is 0 Å². The summed E-state index contributed by atoms with van der Waals surface area (Å²) in [5.41, 5.74) is 4.47. The first-order valence-electron chi connectivity index (χ1n) is 7.03. The fourth-order valence-electron chi connectivity index (χ4n) is 2.84. The van der Waals surface area contributed by atoms with Crippen LogP contribution in [0.15, 0.2) is 18.2 Å². The van der Waals surface area contributed by atoms with E-state index in [9.17, 15) is 0 Å². The lowest BCUT2D eigenvalue weighted by Gasteiger charge is -2.26. The molecule has 0 atom stereocenters. The summed E-state index contributed by atoms with van der Waals surface area (Å²) < 4.78 is 5.37. The Kier molecular flexibility index (Phi) is 3.93. The predicted octanol–water partition coefficient (Wildman–Crippen LogP) is 1.55. The Hall–Kier alpha value is -0.900. The largest absolute Gasteiger partial charge is 0.379 e. The lowest BCUT2D eigenvalue weighted by Crippen LogP contribution is -2.36. The summed E-state index contributed by atoms with van der Waals surface area (Å²) in [4.78, 5) is 2.51. The molecule has 2 aliphatic heterocycles. The summed E-state index contributed by atoms with van der Waals surface area (Å²) in [6.07, 6.45) is 2.46. The summed E-state index contributed by atoms with van der Waals surface area (Å²) >= 11 is 0. The van der Waals surface area contributed by atoms with Crippen molar-refractivity contribution in [3.63, 3.8) is 0 Å². The molecular weight excluding hydrogens is 224 g/mol. The average molecular weight is 246 g/mol. The molecular formula is C15H22N2O. The first-order chi connectivity index (χ1) is 8.92. The molecule has 0 aromatic heterocycles. The average Bonchev–Trinajstić information content (AvgIpc) is 2.87. The molecule has 0 bridgehead atoms. The number of morpholine rings is 1. The Morgan fingerprint density at radius 2 is 1.94 bits per heavy atom. The molecule has 2 heterocycles. The van der Waals surface area contributed by atoms with Gasteiger partial charge in [0.15, 0.2) is 0 Å². The van der Waals surface area contributed by atoms with Gasteiger partial charge in [-0.15, -0.1) is 0 Å². The molecule has 0 unspecified atom stereocenters. The molecule has 1 saturated heterocycles. The minimum absolute atomic E-state index is 0.907. The number of hydrogen-bond donors (Lipinski definition) is 1. The van der Waals surface area contributed by atoms with Gasteiger partial charge in [0, 0.05) is 26.2 Å². The van der Waals surface area contributed by atoms with Crippen molar-refractivity contribution < 1.29 is 4.74 Å². The standard InChI is InChI=1S/C15H22N2O/c1(5-17-6-8-18-9-7-17)2-13-3-4-14-11-16-12-15(14)10-13/h3-4,10,16H,1-2,5-9,11-12H2. The van der Waals surface area contributed by atoms with E-state index in [0.29, 0.717) is 0 Å². The fourth-order valence-corrected chi connectivity index (χ4v) is 2.84. The Bertz CT molecular complexity index is 399. The van der Waals surface area contributed by atoms with E-state index in [4.69, 9.17) is 4.74 Å². The summed E-state index contributed by atoms with van der Waals surface area (Å²) in [6, 6.07) is 6.97. The maximum atomic E-state index is 5.37. The van der Waals surface area contributed by atoms with Crippen LogP contribution >= 0.6 is 0 Å². The molecule has 0 amide bonds. The number of nitrogens with zero attached hydrogens (tertiary/aromatic N) is 1. The highest BCUT2D eigenvalue weighted by atomic mass is 16.5. The van der Waals surface area contributed by atoms with Crippen molar-refractivity contribution in [2.24, 2.45) is 0 Å². The molecule has 1 N–H and O–H groups in total. The summed E-state index contributed by atoms with van der Waals surface area (Å²) in [5.74, 6) is 0. The number of hydrogen-bond acceptors (Lipinski definition) is 3. The third kappa shape index (κ3) is 2.91. The molecule has 98 valence electrons. The maximum absolute atomic E-state index is 5.37. The third-order valence-electron chi connectivity index (χ3n) is 3.95. The Morgan fingerprint density at radius 1 is 1.11 bits per heavy atom. The summed E-state index contributed by atoms with van der Waals surface area (Å²) in [5, 5.41) is 3.40. The quantitative estimate of drug-likeness (QED) is 0.872. The molecule has 3 heteroatoms. The zero-order chi connectivity index (χ0) is 12.2. The maximum Gasteiger partial charge on any atom is 0.0594 e. The van der Waals surface area contributed by atoms with Gasteiger partial charge < -0.3 is 10.1 Å². The predicted molar refractivity (Wildman–Crippen MR) is 72.6 cm³/mol. The molecule has 0 aliphatic carbocycles. The molecule has 1 fully saturated rings. The van der Waals surface area contributed by atoms with Gasteiger partial charge in [0.1, 0.15) is 0 Å². The topological polar surface area (TPSA) is 24.5 Å². The van der Waals surface area contributed by atoms with Crippen molar-refractivity contribution in [2.45, 2.75) is 25.9 Å². The Morgan fingerprint density at radius 3 is 2.83 bits per heavy atom. The van der Waals surface area contributed by atoms with Crippen LogP contribution in [0.3, 0.4) is 0 Å². The van der Waals surface area contributed by atoms with Crippen LogP contribution in [0.2, 0.25) is 0 Å². The van der Waals surface area contributed by atoms with Crippen LogP contribution in [0, 0.1) is 0 Å². The van der Waals surface area contributed by atoms with Gasteiger partial charge in [0.05, 0.1) is 13.2 Å². The lowest BCUT2D eigenvalue weighted by atomic mass is 10.0. The van der Waals surface area contributed by atoms with Gasteiger partial charge in [-0.3, -0.25) is 4.90 Å². The van der Waals surface area contributed by atoms with Crippen molar-refractivity contribution in [1.29, 1.82) is 0 Å². The monoisotopic (exact) mass is 246 g/mol. The van der Waals surface area contributed by atoms with Crippen LogP contribution in [0.5, 0.6) is 0 Å². The second-order valence-electron chi connectivity index (χ2n) is 5.26. The minimum atomic E-state index is 0.907. The highest BCUT2D eigenvalue weighted by Gasteiger charge is 2.11. The molecule has 3 rings (SSSR count). The molecule has 2 aliphatic rings. The van der Waals surface area contributed by atoms with Crippen LogP contribution in [0.4, 0.5) is 0 Å². The van der Waals surface area contributed by atoms with E-state index in [2.05, 4.69) is 28.4 Å². The second kappa shape index (κ2) is 5.83. The van der Waals surface area contributed by atoms with E-state index in [1.165, 1.54) is 36.1 Å². The molecule has 0 saturated carbocycles. The number of aryl methyl sites for hydroxylation is 1. The highest BCUT2D eigenvalue weighted by Crippen LogP contribution is 2.18. The highest BCUT2D eigenvalue weighted by molar-refractivity contribution is 5.34. The van der Waals surface area contributed by atoms with Gasteiger partial charge in [-0.1, -0.05) is 18.2 Å². The SMILES string of the molecule is c1cc2c(cc1CCCN1CCOCC1)CNC2. The molecule has 18 heavy (non-hydrogen) atoms. The number of benzene rings is 1. The van der Waals surface area contributed by atoms with Crippen LogP contribution in [-0.2, 0) is 24.2 Å². The van der Waals surface area contributed by atoms with Gasteiger partial charge in [-0.2, -0.15) is 0 Å². The second-order valence-corrected chi connectivity index (χ2v) is 5.26. The summed E-state index contributed by atoms with van der Waals surface area (Å²) in [7, 11) is 0. The molecule has 0 spiro atoms. The fraction of sp³-hybridized carbons (Fsp3) is 0.600. The van der Waals surface area contributed by atoms with Crippen LogP contribution in [0.25, 0.3) is 0 Å². The number of rotatable bonds is 4. The normalized spacial score (nSPS) is 20.0. The van der Waals surface area contributed by atoms with Crippen molar-refractivity contribution in [3.05, 3.63) is 34.9 Å². The van der Waals surface area contributed by atoms with Gasteiger partial charge in [-0.05, 0) is 36.1 Å². The van der Waals surface area contributed by atoms with E-state index in [0.717, 1.165) is 39.4 Å². The van der Waals surface area contributed by atoms with Gasteiger partial charge >= 0.3 is 0 Å². The smallest absolute Gasteiger partial charge is 0.0594 e. The van der Waals surface area contributed by atoms with E-state index in [1.807, 2.05) is 0 Å². The molecule has 0 radical (unpaired) electrons. The number of fused-ring (bicyclic) bond motifs is 1. The lowest BCUT2D eigenvalue weighted by molar-refractivity contribution is 0.0375. The van der Waals surface area contributed by atoms with Crippen molar-refractivity contribution in [1.82, 2.24) is 10.2 Å². The van der Waals surface area contributed by atoms with Crippen LogP contribution in [0.1, 0.15) is 23.1 Å². The minimum Gasteiger partial charge on any atom is -0.379 e. The van der Waals surface area contributed by atoms with E-state index < -0.39 is 0 Å². The van der Waals surface area contributed by atoms with E-state index >= 15 is 0 Å². The van der Waals surface area contributed by atoms with Crippen molar-refractivity contribution >= 4 is 0 Å².